The van der Waals surface area contributed by atoms with Gasteiger partial charge in [0, 0.05) is 19.3 Å². The third-order valence-electron chi connectivity index (χ3n) is 3.84. The first-order valence-corrected chi connectivity index (χ1v) is 7.48. The molecule has 0 aromatic heterocycles. The molecule has 21 heavy (non-hydrogen) atoms. The zero-order valence-corrected chi connectivity index (χ0v) is 13.3. The molecule has 0 bridgehead atoms. The maximum absolute atomic E-state index is 11.4. The summed E-state index contributed by atoms with van der Waals surface area (Å²) in [6.45, 7) is 7.20. The Hall–Kier alpha value is -1.42. The highest BCUT2D eigenvalue weighted by Gasteiger charge is 2.28. The van der Waals surface area contributed by atoms with Gasteiger partial charge in [-0.05, 0) is 31.3 Å². The van der Waals surface area contributed by atoms with Gasteiger partial charge in [-0.25, -0.2) is 0 Å². The second kappa shape index (κ2) is 7.55. The lowest BCUT2D eigenvalue weighted by atomic mass is 9.83. The van der Waals surface area contributed by atoms with Crippen LogP contribution in [-0.4, -0.2) is 29.1 Å². The summed E-state index contributed by atoms with van der Waals surface area (Å²) in [6, 6.07) is 0. The van der Waals surface area contributed by atoms with Gasteiger partial charge in [0.15, 0.2) is 0 Å². The number of rotatable bonds is 3. The number of esters is 1. The molecule has 0 fully saturated rings. The van der Waals surface area contributed by atoms with Crippen LogP contribution >= 0.6 is 0 Å². The Balaban J connectivity index is 3.14. The lowest BCUT2D eigenvalue weighted by Crippen LogP contribution is -2.31. The van der Waals surface area contributed by atoms with Crippen LogP contribution in [0.15, 0.2) is 23.8 Å². The van der Waals surface area contributed by atoms with Crippen molar-refractivity contribution in [2.75, 3.05) is 0 Å². The summed E-state index contributed by atoms with van der Waals surface area (Å²) in [6.07, 6.45) is 7.55. The van der Waals surface area contributed by atoms with Gasteiger partial charge >= 0.3 is 5.97 Å². The average Bonchev–Trinajstić information content (AvgIpc) is 2.35. The monoisotopic (exact) mass is 294 g/mol. The van der Waals surface area contributed by atoms with E-state index in [1.807, 2.05) is 26.0 Å². The molecule has 0 heterocycles. The highest BCUT2D eigenvalue weighted by atomic mass is 16.5. The number of aldehydes is 1. The molecule has 0 unspecified atom stereocenters. The van der Waals surface area contributed by atoms with Crippen molar-refractivity contribution in [2.24, 2.45) is 11.8 Å². The summed E-state index contributed by atoms with van der Waals surface area (Å²) >= 11 is 0. The first-order chi connectivity index (χ1) is 9.75. The minimum absolute atomic E-state index is 0.0400. The van der Waals surface area contributed by atoms with Crippen molar-refractivity contribution in [3.63, 3.8) is 0 Å². The number of aliphatic hydroxyl groups is 1. The Kier molecular flexibility index (Phi) is 6.34. The largest absolute Gasteiger partial charge is 0.462 e. The van der Waals surface area contributed by atoms with Crippen LogP contribution in [0.1, 0.15) is 47.0 Å². The Morgan fingerprint density at radius 2 is 2.19 bits per heavy atom. The number of allylic oxidation sites excluding steroid dienone is 1. The SMILES string of the molecule is CC(=O)O[C@@H]1C/C(C=O)=C\CC[C@@](C)(O)/C=C/[C@H]1C(C)C. The fraction of sp³-hybridized carbons (Fsp3) is 0.647. The van der Waals surface area contributed by atoms with E-state index in [4.69, 9.17) is 4.74 Å². The lowest BCUT2D eigenvalue weighted by molar-refractivity contribution is -0.149. The molecule has 0 saturated heterocycles. The Morgan fingerprint density at radius 1 is 1.52 bits per heavy atom. The Labute approximate surface area is 126 Å². The van der Waals surface area contributed by atoms with Crippen molar-refractivity contribution in [1.29, 1.82) is 0 Å². The van der Waals surface area contributed by atoms with E-state index in [0.29, 0.717) is 24.8 Å². The van der Waals surface area contributed by atoms with Gasteiger partial charge < -0.3 is 9.84 Å². The van der Waals surface area contributed by atoms with E-state index < -0.39 is 5.60 Å². The molecule has 0 aromatic rings. The van der Waals surface area contributed by atoms with Gasteiger partial charge in [-0.15, -0.1) is 0 Å². The molecule has 0 radical (unpaired) electrons. The van der Waals surface area contributed by atoms with E-state index >= 15 is 0 Å². The number of carbonyl (C=O) groups excluding carboxylic acids is 2. The van der Waals surface area contributed by atoms with Gasteiger partial charge in [0.1, 0.15) is 12.4 Å². The molecule has 118 valence electrons. The van der Waals surface area contributed by atoms with E-state index in [-0.39, 0.29) is 23.9 Å². The molecule has 1 aliphatic rings. The average molecular weight is 294 g/mol. The van der Waals surface area contributed by atoms with Crippen molar-refractivity contribution in [3.05, 3.63) is 23.8 Å². The standard InChI is InChI=1S/C17H26O4/c1-12(2)15-7-9-17(4,20)8-5-6-14(11-18)10-16(15)21-13(3)19/h6-7,9,11-12,15-16,20H,5,8,10H2,1-4H3/b9-7+,14-6+/t15-,16+,17+/m0/s1. The van der Waals surface area contributed by atoms with Crippen molar-refractivity contribution in [3.8, 4) is 0 Å². The van der Waals surface area contributed by atoms with E-state index in [1.54, 1.807) is 13.0 Å². The predicted octanol–water partition coefficient (Wildman–Crippen LogP) is 2.81. The van der Waals surface area contributed by atoms with Crippen molar-refractivity contribution >= 4 is 12.3 Å². The third kappa shape index (κ3) is 5.84. The molecule has 0 saturated carbocycles. The maximum Gasteiger partial charge on any atom is 0.302 e. The van der Waals surface area contributed by atoms with Gasteiger partial charge in [-0.3, -0.25) is 9.59 Å². The molecule has 4 nitrogen and oxygen atoms in total. The fourth-order valence-electron chi connectivity index (χ4n) is 2.61. The number of hydrogen-bond acceptors (Lipinski definition) is 4. The molecular weight excluding hydrogens is 268 g/mol. The number of carbonyl (C=O) groups is 2. The van der Waals surface area contributed by atoms with E-state index in [0.717, 1.165) is 6.29 Å². The maximum atomic E-state index is 11.4. The number of hydrogen-bond donors (Lipinski definition) is 1. The van der Waals surface area contributed by atoms with Crippen molar-refractivity contribution < 1.29 is 19.4 Å². The van der Waals surface area contributed by atoms with Crippen LogP contribution in [0.25, 0.3) is 0 Å². The molecule has 1 rings (SSSR count). The van der Waals surface area contributed by atoms with Crippen LogP contribution in [0.3, 0.4) is 0 Å². The molecule has 0 spiro atoms. The van der Waals surface area contributed by atoms with Crippen LogP contribution in [0, 0.1) is 11.8 Å². The highest BCUT2D eigenvalue weighted by Crippen LogP contribution is 2.28. The molecule has 0 aromatic carbocycles. The molecule has 0 aliphatic heterocycles. The minimum atomic E-state index is -0.921. The molecule has 4 heteroatoms. The second-order valence-corrected chi connectivity index (χ2v) is 6.33. The number of ether oxygens (including phenoxy) is 1. The smallest absolute Gasteiger partial charge is 0.302 e. The van der Waals surface area contributed by atoms with Gasteiger partial charge in [0.05, 0.1) is 5.60 Å². The zero-order valence-electron chi connectivity index (χ0n) is 13.3. The summed E-state index contributed by atoms with van der Waals surface area (Å²) in [5.74, 6) is -0.163. The van der Waals surface area contributed by atoms with Crippen LogP contribution < -0.4 is 0 Å². The van der Waals surface area contributed by atoms with Crippen LogP contribution in [0.4, 0.5) is 0 Å². The van der Waals surface area contributed by atoms with Gasteiger partial charge in [-0.1, -0.05) is 32.1 Å². The fourth-order valence-corrected chi connectivity index (χ4v) is 2.61. The lowest BCUT2D eigenvalue weighted by Gasteiger charge is -2.29. The van der Waals surface area contributed by atoms with E-state index in [2.05, 4.69) is 0 Å². The van der Waals surface area contributed by atoms with Gasteiger partial charge in [0.25, 0.3) is 0 Å². The third-order valence-corrected chi connectivity index (χ3v) is 3.84. The molecule has 3 atom stereocenters. The molecule has 1 N–H and O–H groups in total. The molecule has 0 amide bonds. The predicted molar refractivity (Wildman–Crippen MR) is 81.6 cm³/mol. The molecule has 1 aliphatic carbocycles. The highest BCUT2D eigenvalue weighted by molar-refractivity contribution is 5.73. The normalized spacial score (nSPS) is 34.7. The first-order valence-electron chi connectivity index (χ1n) is 7.48. The first kappa shape index (κ1) is 17.6. The van der Waals surface area contributed by atoms with E-state index in [1.165, 1.54) is 6.92 Å². The van der Waals surface area contributed by atoms with Crippen LogP contribution in [-0.2, 0) is 14.3 Å². The Bertz CT molecular complexity index is 432. The van der Waals surface area contributed by atoms with Crippen molar-refractivity contribution in [1.82, 2.24) is 0 Å². The quantitative estimate of drug-likeness (QED) is 0.494. The van der Waals surface area contributed by atoms with Gasteiger partial charge in [0.2, 0.25) is 0 Å². The zero-order chi connectivity index (χ0) is 16.0. The topological polar surface area (TPSA) is 63.6 Å². The Morgan fingerprint density at radius 3 is 2.71 bits per heavy atom. The van der Waals surface area contributed by atoms with Crippen LogP contribution in [0.2, 0.25) is 0 Å². The summed E-state index contributed by atoms with van der Waals surface area (Å²) < 4.78 is 5.43. The van der Waals surface area contributed by atoms with Crippen LogP contribution in [0.5, 0.6) is 0 Å². The van der Waals surface area contributed by atoms with Crippen molar-refractivity contribution in [2.45, 2.75) is 58.7 Å². The second-order valence-electron chi connectivity index (χ2n) is 6.33. The summed E-state index contributed by atoms with van der Waals surface area (Å²) in [5.41, 5.74) is -0.298. The minimum Gasteiger partial charge on any atom is -0.462 e. The van der Waals surface area contributed by atoms with Gasteiger partial charge in [-0.2, -0.15) is 0 Å². The molecular formula is C17H26O4. The summed E-state index contributed by atoms with van der Waals surface area (Å²) in [7, 11) is 0. The summed E-state index contributed by atoms with van der Waals surface area (Å²) in [4.78, 5) is 22.6. The summed E-state index contributed by atoms with van der Waals surface area (Å²) in [5, 5.41) is 10.3. The van der Waals surface area contributed by atoms with E-state index in [9.17, 15) is 14.7 Å².